The number of aromatic hydroxyl groups is 1. The molecule has 0 spiro atoms. The van der Waals surface area contributed by atoms with E-state index in [1.54, 1.807) is 0 Å². The summed E-state index contributed by atoms with van der Waals surface area (Å²) < 4.78 is 5.56. The van der Waals surface area contributed by atoms with Crippen molar-refractivity contribution < 1.29 is 28.8 Å². The van der Waals surface area contributed by atoms with Crippen molar-refractivity contribution in [2.75, 3.05) is 4.90 Å². The van der Waals surface area contributed by atoms with Gasteiger partial charge in [0, 0.05) is 17.2 Å². The number of halogens is 1. The number of nitrogens with one attached hydrogen (secondary N) is 1. The first-order chi connectivity index (χ1) is 15.2. The zero-order valence-corrected chi connectivity index (χ0v) is 16.7. The van der Waals surface area contributed by atoms with E-state index in [1.165, 1.54) is 36.4 Å². The Kier molecular flexibility index (Phi) is 5.21. The van der Waals surface area contributed by atoms with Gasteiger partial charge in [-0.3, -0.25) is 25.0 Å². The van der Waals surface area contributed by atoms with E-state index in [1.807, 2.05) is 0 Å². The van der Waals surface area contributed by atoms with Crippen LogP contribution in [0.2, 0.25) is 5.02 Å². The molecule has 160 valence electrons. The van der Waals surface area contributed by atoms with Crippen LogP contribution in [0.25, 0.3) is 17.4 Å². The Morgan fingerprint density at radius 3 is 2.47 bits per heavy atom. The van der Waals surface area contributed by atoms with Gasteiger partial charge in [0.15, 0.2) is 0 Å². The number of imide groups is 2. The summed E-state index contributed by atoms with van der Waals surface area (Å²) in [5.74, 6) is -1.92. The van der Waals surface area contributed by atoms with Crippen LogP contribution in [0.15, 0.2) is 64.6 Å². The third-order valence-electron chi connectivity index (χ3n) is 4.56. The van der Waals surface area contributed by atoms with Crippen molar-refractivity contribution in [3.8, 4) is 17.1 Å². The predicted octanol–water partition coefficient (Wildman–Crippen LogP) is 3.88. The quantitative estimate of drug-likeness (QED) is 0.264. The zero-order chi connectivity index (χ0) is 23.0. The highest BCUT2D eigenvalue weighted by Gasteiger charge is 2.37. The number of nitro groups is 1. The van der Waals surface area contributed by atoms with Crippen LogP contribution < -0.4 is 10.2 Å². The monoisotopic (exact) mass is 453 g/mol. The minimum absolute atomic E-state index is 0.0508. The summed E-state index contributed by atoms with van der Waals surface area (Å²) in [7, 11) is 0. The number of barbiturate groups is 1. The largest absolute Gasteiger partial charge is 0.507 e. The zero-order valence-electron chi connectivity index (χ0n) is 15.9. The smallest absolute Gasteiger partial charge is 0.335 e. The maximum atomic E-state index is 12.9. The van der Waals surface area contributed by atoms with Crippen molar-refractivity contribution in [2.45, 2.75) is 0 Å². The van der Waals surface area contributed by atoms with Gasteiger partial charge >= 0.3 is 6.03 Å². The number of nitrogens with zero attached hydrogens (tertiary/aromatic N) is 2. The Balaban J connectivity index is 1.69. The number of hydrogen-bond donors (Lipinski definition) is 2. The summed E-state index contributed by atoms with van der Waals surface area (Å²) >= 11 is 5.84. The van der Waals surface area contributed by atoms with E-state index in [0.29, 0.717) is 5.02 Å². The minimum Gasteiger partial charge on any atom is -0.507 e. The molecule has 1 aromatic heterocycles. The highest BCUT2D eigenvalue weighted by molar-refractivity contribution is 6.39. The molecule has 4 amide bonds. The number of urea groups is 1. The Morgan fingerprint density at radius 2 is 1.78 bits per heavy atom. The van der Waals surface area contributed by atoms with Crippen LogP contribution in [-0.4, -0.2) is 27.9 Å². The molecule has 1 saturated heterocycles. The minimum atomic E-state index is -0.916. The highest BCUT2D eigenvalue weighted by atomic mass is 35.5. The molecular formula is C21H12ClN3O7. The lowest BCUT2D eigenvalue weighted by Gasteiger charge is -2.26. The Bertz CT molecular complexity index is 1310. The lowest BCUT2D eigenvalue weighted by Crippen LogP contribution is -2.54. The lowest BCUT2D eigenvalue weighted by atomic mass is 10.1. The van der Waals surface area contributed by atoms with Gasteiger partial charge in [0.2, 0.25) is 0 Å². The molecule has 1 fully saturated rings. The highest BCUT2D eigenvalue weighted by Crippen LogP contribution is 2.34. The molecule has 0 saturated carbocycles. The van der Waals surface area contributed by atoms with Crippen LogP contribution in [0.5, 0.6) is 5.75 Å². The van der Waals surface area contributed by atoms with Crippen LogP contribution in [0, 0.1) is 10.1 Å². The predicted molar refractivity (Wildman–Crippen MR) is 113 cm³/mol. The van der Waals surface area contributed by atoms with E-state index in [-0.39, 0.29) is 39.8 Å². The fourth-order valence-corrected chi connectivity index (χ4v) is 3.16. The number of benzene rings is 2. The summed E-state index contributed by atoms with van der Waals surface area (Å²) in [6.07, 6.45) is 1.13. The number of non-ortho nitro benzene ring substituents is 1. The lowest BCUT2D eigenvalue weighted by molar-refractivity contribution is -0.384. The van der Waals surface area contributed by atoms with Crippen molar-refractivity contribution in [1.29, 1.82) is 0 Å². The number of nitro benzene ring substituents is 1. The topological polar surface area (TPSA) is 143 Å². The molecule has 1 aliphatic rings. The van der Waals surface area contributed by atoms with E-state index in [0.717, 1.165) is 29.2 Å². The second kappa shape index (κ2) is 8.00. The molecule has 1 aliphatic heterocycles. The average molecular weight is 454 g/mol. The normalized spacial score (nSPS) is 15.2. The fourth-order valence-electron chi connectivity index (χ4n) is 3.03. The standard InChI is InChI=1S/C21H12ClN3O7/c22-11-1-3-12(4-2-11)24-20(28)16(19(27)23-21(24)29)10-14-6-8-18(32-14)15-9-13(25(30)31)5-7-17(15)26/h1-10,26H,(H,23,27,29)/b16-10+. The summed E-state index contributed by atoms with van der Waals surface area (Å²) in [5, 5.41) is 23.5. The number of amides is 4. The molecule has 11 heteroatoms. The number of hydrogen-bond acceptors (Lipinski definition) is 7. The first-order valence-electron chi connectivity index (χ1n) is 8.99. The molecule has 32 heavy (non-hydrogen) atoms. The van der Waals surface area contributed by atoms with Gasteiger partial charge in [-0.15, -0.1) is 0 Å². The number of phenolic OH excluding ortho intramolecular Hbond substituents is 1. The number of carbonyl (C=O) groups is 3. The van der Waals surface area contributed by atoms with E-state index >= 15 is 0 Å². The number of carbonyl (C=O) groups excluding carboxylic acids is 3. The molecule has 4 rings (SSSR count). The molecule has 0 atom stereocenters. The number of rotatable bonds is 4. The van der Waals surface area contributed by atoms with Gasteiger partial charge in [0.1, 0.15) is 22.8 Å². The second-order valence-electron chi connectivity index (χ2n) is 6.59. The molecule has 0 aliphatic carbocycles. The molecule has 2 N–H and O–H groups in total. The fraction of sp³-hybridized carbons (Fsp3) is 0. The molecule has 0 unspecified atom stereocenters. The molecule has 10 nitrogen and oxygen atoms in total. The molecule has 2 heterocycles. The maximum absolute atomic E-state index is 12.9. The van der Waals surface area contributed by atoms with Crippen LogP contribution in [0.4, 0.5) is 16.2 Å². The second-order valence-corrected chi connectivity index (χ2v) is 7.03. The Morgan fingerprint density at radius 1 is 1.06 bits per heavy atom. The van der Waals surface area contributed by atoms with E-state index in [2.05, 4.69) is 5.32 Å². The third kappa shape index (κ3) is 3.82. The molecule has 0 bridgehead atoms. The van der Waals surface area contributed by atoms with Gasteiger partial charge in [-0.05, 0) is 48.5 Å². The van der Waals surface area contributed by atoms with Crippen molar-refractivity contribution in [2.24, 2.45) is 0 Å². The number of phenols is 1. The molecule has 2 aromatic carbocycles. The summed E-state index contributed by atoms with van der Waals surface area (Å²) in [6, 6.07) is 11.2. The van der Waals surface area contributed by atoms with Crippen LogP contribution >= 0.6 is 11.6 Å². The van der Waals surface area contributed by atoms with Crippen molar-refractivity contribution >= 4 is 46.9 Å². The van der Waals surface area contributed by atoms with Gasteiger partial charge < -0.3 is 9.52 Å². The molecular weight excluding hydrogens is 442 g/mol. The first kappa shape index (κ1) is 20.8. The Hall–Kier alpha value is -4.44. The SMILES string of the molecule is O=C1NC(=O)N(c2ccc(Cl)cc2)C(=O)/C1=C/c1ccc(-c2cc([N+](=O)[O-])ccc2O)o1. The van der Waals surface area contributed by atoms with E-state index in [9.17, 15) is 29.6 Å². The van der Waals surface area contributed by atoms with Crippen molar-refractivity contribution in [3.05, 3.63) is 81.1 Å². The van der Waals surface area contributed by atoms with Crippen molar-refractivity contribution in [1.82, 2.24) is 5.32 Å². The molecule has 3 aromatic rings. The van der Waals surface area contributed by atoms with E-state index < -0.39 is 22.8 Å². The summed E-state index contributed by atoms with van der Waals surface area (Å²) in [4.78, 5) is 48.5. The average Bonchev–Trinajstić information content (AvgIpc) is 3.21. The first-order valence-corrected chi connectivity index (χ1v) is 9.37. The molecule has 0 radical (unpaired) electrons. The summed E-state index contributed by atoms with van der Waals surface area (Å²) in [6.45, 7) is 0. The van der Waals surface area contributed by atoms with Crippen LogP contribution in [0.3, 0.4) is 0 Å². The van der Waals surface area contributed by atoms with Gasteiger partial charge in [-0.25, -0.2) is 9.69 Å². The third-order valence-corrected chi connectivity index (χ3v) is 4.81. The van der Waals surface area contributed by atoms with Gasteiger partial charge in [0.25, 0.3) is 17.5 Å². The Labute approximate surface area is 184 Å². The number of furan rings is 1. The van der Waals surface area contributed by atoms with Gasteiger partial charge in [-0.2, -0.15) is 0 Å². The number of anilines is 1. The van der Waals surface area contributed by atoms with Crippen LogP contribution in [-0.2, 0) is 9.59 Å². The van der Waals surface area contributed by atoms with Crippen molar-refractivity contribution in [3.63, 3.8) is 0 Å². The van der Waals surface area contributed by atoms with Gasteiger partial charge in [-0.1, -0.05) is 11.6 Å². The van der Waals surface area contributed by atoms with Crippen LogP contribution in [0.1, 0.15) is 5.76 Å². The maximum Gasteiger partial charge on any atom is 0.335 e. The summed E-state index contributed by atoms with van der Waals surface area (Å²) in [5.41, 5.74) is -0.366. The van der Waals surface area contributed by atoms with E-state index in [4.69, 9.17) is 16.0 Å². The van der Waals surface area contributed by atoms with Gasteiger partial charge in [0.05, 0.1) is 16.2 Å².